The number of unbranched alkanes of at least 4 members (excludes halogenated alkanes) is 2. The van der Waals surface area contributed by atoms with E-state index in [4.69, 9.17) is 4.84 Å². The summed E-state index contributed by atoms with van der Waals surface area (Å²) in [7, 11) is 2.10. The lowest BCUT2D eigenvalue weighted by molar-refractivity contribution is -0.642. The van der Waals surface area contributed by atoms with E-state index in [2.05, 4.69) is 83.4 Å². The van der Waals surface area contributed by atoms with Crippen LogP contribution >= 0.6 is 11.3 Å². The SMILES string of the molecule is C[n+]1c(/C=C2\C=CN(CCCCCC(=O)ON3C(=O)CCC3=O)c3ccccc32)sc2ccccc21. The molecule has 5 rings (SSSR count). The Morgan fingerprint density at radius 1 is 1.03 bits per heavy atom. The maximum Gasteiger partial charge on any atom is 0.333 e. The maximum atomic E-state index is 12.0. The van der Waals surface area contributed by atoms with Crippen LogP contribution in [0.5, 0.6) is 0 Å². The molecule has 1 aromatic heterocycles. The van der Waals surface area contributed by atoms with E-state index in [1.165, 1.54) is 32.0 Å². The molecule has 0 unspecified atom stereocenters. The van der Waals surface area contributed by atoms with Crippen molar-refractivity contribution < 1.29 is 23.8 Å². The van der Waals surface area contributed by atoms with Crippen LogP contribution in [0.2, 0.25) is 0 Å². The molecule has 0 atom stereocenters. The van der Waals surface area contributed by atoms with Crippen molar-refractivity contribution in [3.63, 3.8) is 0 Å². The Hall–Kier alpha value is -3.78. The molecule has 1 saturated heterocycles. The zero-order valence-electron chi connectivity index (χ0n) is 20.2. The summed E-state index contributed by atoms with van der Waals surface area (Å²) < 4.78 is 3.50. The van der Waals surface area contributed by atoms with E-state index in [0.29, 0.717) is 11.5 Å². The van der Waals surface area contributed by atoms with Gasteiger partial charge in [-0.1, -0.05) is 48.1 Å². The number of allylic oxidation sites excluding steroid dienone is 2. The molecule has 3 aromatic rings. The summed E-state index contributed by atoms with van der Waals surface area (Å²) in [6.07, 6.45) is 9.31. The second kappa shape index (κ2) is 10.5. The summed E-state index contributed by atoms with van der Waals surface area (Å²) in [5.41, 5.74) is 4.77. The van der Waals surface area contributed by atoms with E-state index in [0.717, 1.165) is 19.4 Å². The predicted octanol–water partition coefficient (Wildman–Crippen LogP) is 4.77. The van der Waals surface area contributed by atoms with Crippen molar-refractivity contribution in [3.05, 3.63) is 71.4 Å². The van der Waals surface area contributed by atoms with E-state index in [1.807, 2.05) is 0 Å². The molecule has 36 heavy (non-hydrogen) atoms. The highest BCUT2D eigenvalue weighted by Crippen LogP contribution is 2.35. The fourth-order valence-corrected chi connectivity index (χ4v) is 5.65. The number of fused-ring (bicyclic) bond motifs is 2. The lowest BCUT2D eigenvalue weighted by atomic mass is 9.99. The molecule has 1 fully saturated rings. The number of nitrogens with zero attached hydrogens (tertiary/aromatic N) is 3. The fourth-order valence-electron chi connectivity index (χ4n) is 4.54. The van der Waals surface area contributed by atoms with E-state index in [-0.39, 0.29) is 19.3 Å². The number of aryl methyl sites for hydroxylation is 1. The number of rotatable bonds is 8. The summed E-state index contributed by atoms with van der Waals surface area (Å²) in [5, 5.41) is 1.81. The van der Waals surface area contributed by atoms with Gasteiger partial charge in [0.05, 0.1) is 0 Å². The maximum absolute atomic E-state index is 12.0. The zero-order chi connectivity index (χ0) is 25.1. The van der Waals surface area contributed by atoms with Gasteiger partial charge in [-0.05, 0) is 36.6 Å². The molecule has 7 nitrogen and oxygen atoms in total. The van der Waals surface area contributed by atoms with Gasteiger partial charge in [0.1, 0.15) is 11.7 Å². The number of imide groups is 1. The lowest BCUT2D eigenvalue weighted by Gasteiger charge is -2.27. The molecule has 0 radical (unpaired) electrons. The second-order valence-corrected chi connectivity index (χ2v) is 10.0. The number of carbonyl (C=O) groups excluding carboxylic acids is 3. The highest BCUT2D eigenvalue weighted by atomic mass is 32.1. The summed E-state index contributed by atoms with van der Waals surface area (Å²) in [5.74, 6) is -1.43. The van der Waals surface area contributed by atoms with Crippen LogP contribution in [0.15, 0.2) is 60.8 Å². The molecule has 0 bridgehead atoms. The zero-order valence-corrected chi connectivity index (χ0v) is 21.0. The molecule has 2 aliphatic heterocycles. The predicted molar refractivity (Wildman–Crippen MR) is 139 cm³/mol. The third kappa shape index (κ3) is 4.95. The van der Waals surface area contributed by atoms with Crippen molar-refractivity contribution in [2.45, 2.75) is 38.5 Å². The van der Waals surface area contributed by atoms with Crippen LogP contribution in [0.4, 0.5) is 5.69 Å². The summed E-state index contributed by atoms with van der Waals surface area (Å²) in [6.45, 7) is 0.829. The highest BCUT2D eigenvalue weighted by Gasteiger charge is 2.32. The van der Waals surface area contributed by atoms with E-state index in [1.54, 1.807) is 11.3 Å². The third-order valence-electron chi connectivity index (χ3n) is 6.49. The van der Waals surface area contributed by atoms with Gasteiger partial charge in [-0.3, -0.25) is 9.59 Å². The van der Waals surface area contributed by atoms with Crippen molar-refractivity contribution in [3.8, 4) is 0 Å². The normalized spacial score (nSPS) is 16.3. The number of hydroxylamine groups is 2. The molecule has 2 aliphatic rings. The van der Waals surface area contributed by atoms with Crippen molar-refractivity contribution in [2.75, 3.05) is 11.4 Å². The van der Waals surface area contributed by atoms with Gasteiger partial charge in [0.25, 0.3) is 16.8 Å². The first-order valence-electron chi connectivity index (χ1n) is 12.2. The Balaban J connectivity index is 1.18. The monoisotopic (exact) mass is 502 g/mol. The Labute approximate surface area is 213 Å². The first kappa shape index (κ1) is 23.9. The van der Waals surface area contributed by atoms with E-state index < -0.39 is 17.8 Å². The summed E-state index contributed by atoms with van der Waals surface area (Å²) in [4.78, 5) is 42.3. The molecule has 2 aromatic carbocycles. The molecule has 0 spiro atoms. The average Bonchev–Trinajstić information content (AvgIpc) is 3.38. The lowest BCUT2D eigenvalue weighted by Crippen LogP contribution is -2.31. The van der Waals surface area contributed by atoms with Crippen LogP contribution < -0.4 is 9.47 Å². The minimum atomic E-state index is -0.536. The van der Waals surface area contributed by atoms with Crippen molar-refractivity contribution in [1.82, 2.24) is 5.06 Å². The Kier molecular flexibility index (Phi) is 6.95. The Bertz CT molecular complexity index is 1370. The number of benzene rings is 2. The molecule has 8 heteroatoms. The van der Waals surface area contributed by atoms with Crippen LogP contribution in [0.3, 0.4) is 0 Å². The largest absolute Gasteiger partial charge is 0.347 e. The van der Waals surface area contributed by atoms with Gasteiger partial charge in [-0.25, -0.2) is 4.79 Å². The Morgan fingerprint density at radius 2 is 1.78 bits per heavy atom. The minimum absolute atomic E-state index is 0.108. The molecule has 0 N–H and O–H groups in total. The molecule has 184 valence electrons. The number of carbonyl (C=O) groups is 3. The topological polar surface area (TPSA) is 70.8 Å². The smallest absolute Gasteiger partial charge is 0.333 e. The Morgan fingerprint density at radius 3 is 2.58 bits per heavy atom. The number of anilines is 1. The van der Waals surface area contributed by atoms with Crippen molar-refractivity contribution >= 4 is 56.7 Å². The van der Waals surface area contributed by atoms with Crippen LogP contribution in [0, 0.1) is 0 Å². The number of amides is 2. The third-order valence-corrected chi connectivity index (χ3v) is 7.65. The quantitative estimate of drug-likeness (QED) is 0.252. The number of hydrogen-bond donors (Lipinski definition) is 0. The summed E-state index contributed by atoms with van der Waals surface area (Å²) >= 11 is 1.79. The molecule has 0 saturated carbocycles. The number of aromatic nitrogens is 1. The van der Waals surface area contributed by atoms with Crippen LogP contribution in [-0.4, -0.2) is 29.4 Å². The van der Waals surface area contributed by atoms with Gasteiger partial charge in [0.15, 0.2) is 0 Å². The van der Waals surface area contributed by atoms with Gasteiger partial charge in [-0.2, -0.15) is 4.57 Å². The standard InChI is InChI=1S/C28H28N3O4S/c1-29-23-11-6-7-12-24(23)36-27(29)19-20-16-18-30(22-10-5-4-9-21(20)22)17-8-2-3-13-28(34)35-31-25(32)14-15-26(31)33/h4-7,9-12,16,18-19H,2-3,8,13-15,17H2,1H3/q+1. The highest BCUT2D eigenvalue weighted by molar-refractivity contribution is 7.18. The van der Waals surface area contributed by atoms with Gasteiger partial charge >= 0.3 is 5.97 Å². The van der Waals surface area contributed by atoms with Crippen LogP contribution in [0.25, 0.3) is 21.9 Å². The van der Waals surface area contributed by atoms with Crippen molar-refractivity contribution in [1.29, 1.82) is 0 Å². The number of para-hydroxylation sites is 2. The minimum Gasteiger partial charge on any atom is -0.347 e. The number of hydrogen-bond acceptors (Lipinski definition) is 6. The number of thiazole rings is 1. The van der Waals surface area contributed by atoms with Gasteiger partial charge in [0.2, 0.25) is 5.52 Å². The van der Waals surface area contributed by atoms with E-state index >= 15 is 0 Å². The fraction of sp³-hybridized carbons (Fsp3) is 0.286. The first-order valence-corrected chi connectivity index (χ1v) is 13.0. The van der Waals surface area contributed by atoms with Gasteiger partial charge < -0.3 is 9.74 Å². The van der Waals surface area contributed by atoms with E-state index in [9.17, 15) is 14.4 Å². The molecule has 2 amide bonds. The summed E-state index contributed by atoms with van der Waals surface area (Å²) in [6, 6.07) is 16.8. The first-order chi connectivity index (χ1) is 17.5. The van der Waals surface area contributed by atoms with Crippen LogP contribution in [-0.2, 0) is 26.3 Å². The molecular weight excluding hydrogens is 474 g/mol. The van der Waals surface area contributed by atoms with Gasteiger partial charge in [0, 0.05) is 55.4 Å². The van der Waals surface area contributed by atoms with Crippen LogP contribution in [0.1, 0.15) is 49.1 Å². The average molecular weight is 503 g/mol. The second-order valence-electron chi connectivity index (χ2n) is 8.95. The molecular formula is C28H28N3O4S+. The molecule has 0 aliphatic carbocycles. The van der Waals surface area contributed by atoms with Gasteiger partial charge in [-0.15, -0.1) is 5.06 Å². The van der Waals surface area contributed by atoms with Crippen molar-refractivity contribution in [2.24, 2.45) is 7.05 Å². The molecule has 3 heterocycles.